The summed E-state index contributed by atoms with van der Waals surface area (Å²) in [6.45, 7) is 4.55. The van der Waals surface area contributed by atoms with Crippen LogP contribution in [0.4, 0.5) is 0 Å². The molecule has 0 spiro atoms. The first-order chi connectivity index (χ1) is 17.0. The van der Waals surface area contributed by atoms with Crippen LogP contribution in [0.1, 0.15) is 58.4 Å². The summed E-state index contributed by atoms with van der Waals surface area (Å²) in [4.78, 5) is 43.5. The van der Waals surface area contributed by atoms with Crippen LogP contribution >= 0.6 is 0 Å². The van der Waals surface area contributed by atoms with E-state index in [0.29, 0.717) is 37.2 Å². The summed E-state index contributed by atoms with van der Waals surface area (Å²) in [5.41, 5.74) is 2.18. The summed E-state index contributed by atoms with van der Waals surface area (Å²) in [7, 11) is 1.58. The van der Waals surface area contributed by atoms with Gasteiger partial charge in [-0.1, -0.05) is 18.2 Å². The molecule has 0 aliphatic carbocycles. The van der Waals surface area contributed by atoms with Gasteiger partial charge >= 0.3 is 0 Å². The molecule has 0 radical (unpaired) electrons. The number of rotatable bonds is 6. The molecule has 35 heavy (non-hydrogen) atoms. The maximum atomic E-state index is 13.6. The van der Waals surface area contributed by atoms with E-state index in [1.807, 2.05) is 41.0 Å². The zero-order chi connectivity index (χ0) is 24.8. The van der Waals surface area contributed by atoms with Crippen molar-refractivity contribution < 1.29 is 19.1 Å². The van der Waals surface area contributed by atoms with E-state index in [1.54, 1.807) is 31.4 Å². The van der Waals surface area contributed by atoms with Crippen LogP contribution in [0.15, 0.2) is 48.5 Å². The van der Waals surface area contributed by atoms with Gasteiger partial charge in [-0.05, 0) is 80.8 Å². The number of carbonyl (C=O) groups is 3. The van der Waals surface area contributed by atoms with Crippen molar-refractivity contribution in [3.8, 4) is 5.75 Å². The van der Waals surface area contributed by atoms with Gasteiger partial charge in [0, 0.05) is 37.3 Å². The Morgan fingerprint density at radius 2 is 1.54 bits per heavy atom. The highest BCUT2D eigenvalue weighted by Gasteiger charge is 2.36. The van der Waals surface area contributed by atoms with Crippen LogP contribution < -0.4 is 10.1 Å². The van der Waals surface area contributed by atoms with Crippen molar-refractivity contribution in [2.24, 2.45) is 5.92 Å². The van der Waals surface area contributed by atoms with Gasteiger partial charge in [0.2, 0.25) is 5.91 Å². The first-order valence-electron chi connectivity index (χ1n) is 12.6. The minimum absolute atomic E-state index is 0.00441. The van der Waals surface area contributed by atoms with Crippen molar-refractivity contribution in [1.82, 2.24) is 15.1 Å². The van der Waals surface area contributed by atoms with E-state index < -0.39 is 6.04 Å². The van der Waals surface area contributed by atoms with Crippen LogP contribution in [0, 0.1) is 12.8 Å². The fourth-order valence-electron chi connectivity index (χ4n) is 5.08. The normalized spacial score (nSPS) is 17.5. The number of piperidine rings is 2. The van der Waals surface area contributed by atoms with E-state index in [9.17, 15) is 14.4 Å². The quantitative estimate of drug-likeness (QED) is 0.689. The van der Waals surface area contributed by atoms with E-state index in [0.717, 1.165) is 43.5 Å². The predicted molar refractivity (Wildman–Crippen MR) is 134 cm³/mol. The fraction of sp³-hybridized carbons (Fsp3) is 0.464. The van der Waals surface area contributed by atoms with Crippen LogP contribution in [0.2, 0.25) is 0 Å². The second-order valence-electron chi connectivity index (χ2n) is 9.51. The molecule has 2 aliphatic heterocycles. The molecule has 0 unspecified atom stereocenters. The largest absolute Gasteiger partial charge is 0.497 e. The number of hydrogen-bond donors (Lipinski definition) is 1. The predicted octanol–water partition coefficient (Wildman–Crippen LogP) is 3.67. The second-order valence-corrected chi connectivity index (χ2v) is 9.51. The number of aryl methyl sites for hydroxylation is 1. The molecule has 0 saturated carbocycles. The Hall–Kier alpha value is -3.35. The highest BCUT2D eigenvalue weighted by molar-refractivity contribution is 5.98. The molecule has 0 aromatic heterocycles. The van der Waals surface area contributed by atoms with Crippen LogP contribution in [-0.4, -0.2) is 66.9 Å². The Morgan fingerprint density at radius 3 is 2.17 bits per heavy atom. The lowest BCUT2D eigenvalue weighted by Crippen LogP contribution is -2.55. The lowest BCUT2D eigenvalue weighted by molar-refractivity contribution is -0.136. The van der Waals surface area contributed by atoms with Gasteiger partial charge in [-0.3, -0.25) is 14.4 Å². The molecular formula is C28H35N3O4. The summed E-state index contributed by atoms with van der Waals surface area (Å²) in [6, 6.07) is 13.9. The van der Waals surface area contributed by atoms with Crippen LogP contribution in [0.25, 0.3) is 0 Å². The van der Waals surface area contributed by atoms with Crippen molar-refractivity contribution >= 4 is 17.7 Å². The Kier molecular flexibility index (Phi) is 8.06. The summed E-state index contributed by atoms with van der Waals surface area (Å²) in [6.07, 6.45) is 4.46. The van der Waals surface area contributed by atoms with Gasteiger partial charge in [0.15, 0.2) is 0 Å². The number of likely N-dealkylation sites (tertiary alicyclic amines) is 2. The van der Waals surface area contributed by atoms with Crippen molar-refractivity contribution in [2.75, 3.05) is 33.3 Å². The van der Waals surface area contributed by atoms with Crippen molar-refractivity contribution in [3.05, 3.63) is 65.2 Å². The number of nitrogens with zero attached hydrogens (tertiary/aromatic N) is 2. The molecular weight excluding hydrogens is 442 g/mol. The minimum atomic E-state index is -0.599. The van der Waals surface area contributed by atoms with E-state index >= 15 is 0 Å². The van der Waals surface area contributed by atoms with Gasteiger partial charge < -0.3 is 19.9 Å². The van der Waals surface area contributed by atoms with Gasteiger partial charge in [0.1, 0.15) is 11.8 Å². The third kappa shape index (κ3) is 5.84. The fourth-order valence-corrected chi connectivity index (χ4v) is 5.08. The zero-order valence-corrected chi connectivity index (χ0v) is 20.7. The molecule has 2 heterocycles. The highest BCUT2D eigenvalue weighted by Crippen LogP contribution is 2.25. The number of hydrogen-bond acceptors (Lipinski definition) is 4. The molecule has 2 aromatic rings. The highest BCUT2D eigenvalue weighted by atomic mass is 16.5. The first-order valence-corrected chi connectivity index (χ1v) is 12.6. The Bertz CT molecular complexity index is 1040. The van der Waals surface area contributed by atoms with E-state index in [2.05, 4.69) is 5.32 Å². The van der Waals surface area contributed by atoms with Gasteiger partial charge in [-0.15, -0.1) is 0 Å². The average molecular weight is 478 g/mol. The minimum Gasteiger partial charge on any atom is -0.497 e. The van der Waals surface area contributed by atoms with E-state index in [1.165, 1.54) is 0 Å². The molecule has 7 nitrogen and oxygen atoms in total. The Labute approximate surface area is 207 Å². The van der Waals surface area contributed by atoms with Crippen LogP contribution in [0.5, 0.6) is 5.75 Å². The number of carbonyl (C=O) groups excluding carboxylic acids is 3. The molecule has 7 heteroatoms. The summed E-state index contributed by atoms with van der Waals surface area (Å²) in [5.74, 6) is 0.417. The SMILES string of the molecule is COc1ccc(C(=O)N[C@H](C(=O)N2CCCCC2)C2CCN(C(=O)c3ccccc3C)CC2)cc1. The molecule has 2 fully saturated rings. The van der Waals surface area contributed by atoms with Crippen molar-refractivity contribution in [3.63, 3.8) is 0 Å². The molecule has 2 aliphatic rings. The molecule has 4 rings (SSSR count). The van der Waals surface area contributed by atoms with Gasteiger partial charge in [-0.25, -0.2) is 0 Å². The van der Waals surface area contributed by atoms with Crippen LogP contribution in [-0.2, 0) is 4.79 Å². The van der Waals surface area contributed by atoms with E-state index in [4.69, 9.17) is 4.74 Å². The zero-order valence-electron chi connectivity index (χ0n) is 20.7. The second kappa shape index (κ2) is 11.4. The molecule has 0 bridgehead atoms. The smallest absolute Gasteiger partial charge is 0.254 e. The average Bonchev–Trinajstić information content (AvgIpc) is 2.92. The molecule has 1 N–H and O–H groups in total. The molecule has 2 saturated heterocycles. The first kappa shape index (κ1) is 24.8. The number of amides is 3. The number of nitrogens with one attached hydrogen (secondary N) is 1. The molecule has 1 atom stereocenters. The topological polar surface area (TPSA) is 79.0 Å². The lowest BCUT2D eigenvalue weighted by Gasteiger charge is -2.38. The van der Waals surface area contributed by atoms with Crippen molar-refractivity contribution in [2.45, 2.75) is 45.1 Å². The Balaban J connectivity index is 1.47. The van der Waals surface area contributed by atoms with Gasteiger partial charge in [0.25, 0.3) is 11.8 Å². The molecule has 2 aromatic carbocycles. The molecule has 3 amide bonds. The maximum Gasteiger partial charge on any atom is 0.254 e. The lowest BCUT2D eigenvalue weighted by atomic mass is 9.87. The number of methoxy groups -OCH3 is 1. The Morgan fingerprint density at radius 1 is 0.886 bits per heavy atom. The summed E-state index contributed by atoms with van der Waals surface area (Å²) in [5, 5.41) is 3.05. The van der Waals surface area contributed by atoms with Gasteiger partial charge in [0.05, 0.1) is 7.11 Å². The molecule has 186 valence electrons. The monoisotopic (exact) mass is 477 g/mol. The van der Waals surface area contributed by atoms with Crippen LogP contribution in [0.3, 0.4) is 0 Å². The number of ether oxygens (including phenoxy) is 1. The van der Waals surface area contributed by atoms with E-state index in [-0.39, 0.29) is 23.6 Å². The van der Waals surface area contributed by atoms with Crippen molar-refractivity contribution in [1.29, 1.82) is 0 Å². The standard InChI is InChI=1S/C28H35N3O4/c1-20-8-4-5-9-24(20)27(33)31-18-14-21(15-19-31)25(28(34)30-16-6-3-7-17-30)29-26(32)22-10-12-23(35-2)13-11-22/h4-5,8-13,21,25H,3,6-7,14-19H2,1-2H3,(H,29,32)/t25-/m0/s1. The third-order valence-corrected chi connectivity index (χ3v) is 7.25. The maximum absolute atomic E-state index is 13.6. The summed E-state index contributed by atoms with van der Waals surface area (Å²) >= 11 is 0. The summed E-state index contributed by atoms with van der Waals surface area (Å²) < 4.78 is 5.19. The third-order valence-electron chi connectivity index (χ3n) is 7.25. The number of benzene rings is 2. The van der Waals surface area contributed by atoms with Gasteiger partial charge in [-0.2, -0.15) is 0 Å².